The Hall–Kier alpha value is -2.18. The van der Waals surface area contributed by atoms with E-state index >= 15 is 0 Å². The van der Waals surface area contributed by atoms with Gasteiger partial charge in [0.1, 0.15) is 5.84 Å². The lowest BCUT2D eigenvalue weighted by atomic mass is 10.1. The number of amidine groups is 1. The number of nitrogen functional groups attached to an aromatic ring is 1. The Morgan fingerprint density at radius 1 is 0.963 bits per heavy atom. The summed E-state index contributed by atoms with van der Waals surface area (Å²) in [4.78, 5) is 0. The van der Waals surface area contributed by atoms with Crippen LogP contribution >= 0.6 is 0 Å². The van der Waals surface area contributed by atoms with Gasteiger partial charge in [0.05, 0.1) is 6.34 Å². The van der Waals surface area contributed by atoms with Gasteiger partial charge in [-0.3, -0.25) is 10.8 Å². The molecule has 0 fully saturated rings. The average molecular weight is 375 g/mol. The molecule has 0 saturated carbocycles. The first kappa shape index (κ1) is 24.8. The Morgan fingerprint density at radius 3 is 2.11 bits per heavy atom. The van der Waals surface area contributed by atoms with Crippen molar-refractivity contribution in [3.05, 3.63) is 41.5 Å². The predicted octanol–water partition coefficient (Wildman–Crippen LogP) is 3.08. The summed E-state index contributed by atoms with van der Waals surface area (Å²) in [5.74, 6) is 0.120. The molecule has 0 aliphatic rings. The van der Waals surface area contributed by atoms with E-state index in [9.17, 15) is 0 Å². The molecule has 0 amide bonds. The van der Waals surface area contributed by atoms with Gasteiger partial charge >= 0.3 is 0 Å². The van der Waals surface area contributed by atoms with Crippen LogP contribution in [0.15, 0.2) is 30.3 Å². The van der Waals surface area contributed by atoms with E-state index in [0.717, 1.165) is 43.5 Å². The molecule has 0 saturated heterocycles. The van der Waals surface area contributed by atoms with Crippen LogP contribution in [0, 0.1) is 10.8 Å². The molecule has 0 atom stereocenters. The molecule has 1 rings (SSSR count). The van der Waals surface area contributed by atoms with Crippen molar-refractivity contribution in [2.24, 2.45) is 11.5 Å². The molecule has 6 nitrogen and oxygen atoms in total. The topological polar surface area (TPSA) is 124 Å². The van der Waals surface area contributed by atoms with Crippen LogP contribution in [0.3, 0.4) is 0 Å². The van der Waals surface area contributed by atoms with Gasteiger partial charge in [0.25, 0.3) is 0 Å². The molecule has 152 valence electrons. The molecule has 0 aliphatic heterocycles. The Bertz CT molecular complexity index is 510. The minimum Gasteiger partial charge on any atom is -0.390 e. The van der Waals surface area contributed by atoms with Crippen molar-refractivity contribution in [2.45, 2.75) is 44.9 Å². The van der Waals surface area contributed by atoms with Crippen LogP contribution in [0.4, 0.5) is 0 Å². The van der Waals surface area contributed by atoms with E-state index in [1.165, 1.54) is 38.5 Å². The highest BCUT2D eigenvalue weighted by Gasteiger charge is 1.94. The summed E-state index contributed by atoms with van der Waals surface area (Å²) in [5.41, 5.74) is 11.8. The summed E-state index contributed by atoms with van der Waals surface area (Å²) in [6, 6.07) is 7.79. The molecule has 1 aromatic rings. The van der Waals surface area contributed by atoms with Gasteiger partial charge in [0, 0.05) is 5.56 Å². The number of allylic oxidation sites excluding steroid dienone is 1. The van der Waals surface area contributed by atoms with E-state index < -0.39 is 0 Å². The van der Waals surface area contributed by atoms with Crippen LogP contribution in [0.5, 0.6) is 0 Å². The van der Waals surface area contributed by atoms with E-state index in [1.807, 2.05) is 31.3 Å². The van der Waals surface area contributed by atoms with Crippen LogP contribution in [-0.2, 0) is 0 Å². The highest BCUT2D eigenvalue weighted by molar-refractivity contribution is 5.95. The van der Waals surface area contributed by atoms with Gasteiger partial charge in [0.15, 0.2) is 0 Å². The summed E-state index contributed by atoms with van der Waals surface area (Å²) in [7, 11) is 2.02. The lowest BCUT2D eigenvalue weighted by Crippen LogP contribution is -2.16. The summed E-state index contributed by atoms with van der Waals surface area (Å²) in [5, 5.41) is 19.9. The summed E-state index contributed by atoms with van der Waals surface area (Å²) < 4.78 is 0. The standard InChI is InChI=1S/C20H34N4.CH4N2/c1-23-15-7-3-2-4-8-16-24-17-9-5-6-10-18-11-13-19(14-12-18)20(21)22;2-1-3/h6,10-14,23-24H,2-5,7-9,15-17H2,1H3,(H3,21,22);1H,(H3,2,3)/b10-6-;. The Labute approximate surface area is 164 Å². The minimum absolute atomic E-state index is 0.120. The fourth-order valence-electron chi connectivity index (χ4n) is 2.55. The third-order valence-electron chi connectivity index (χ3n) is 4.04. The second-order valence-electron chi connectivity index (χ2n) is 6.37. The van der Waals surface area contributed by atoms with E-state index in [2.05, 4.69) is 28.5 Å². The zero-order valence-electron chi connectivity index (χ0n) is 16.8. The van der Waals surface area contributed by atoms with Crippen molar-refractivity contribution in [1.29, 1.82) is 10.8 Å². The summed E-state index contributed by atoms with van der Waals surface area (Å²) in [6.45, 7) is 3.38. The van der Waals surface area contributed by atoms with Gasteiger partial charge < -0.3 is 22.1 Å². The highest BCUT2D eigenvalue weighted by atomic mass is 14.8. The van der Waals surface area contributed by atoms with Crippen LogP contribution in [0.2, 0.25) is 0 Å². The van der Waals surface area contributed by atoms with Crippen LogP contribution in [-0.4, -0.2) is 38.9 Å². The van der Waals surface area contributed by atoms with Crippen LogP contribution in [0.25, 0.3) is 6.08 Å². The van der Waals surface area contributed by atoms with Gasteiger partial charge in [-0.15, -0.1) is 0 Å². The van der Waals surface area contributed by atoms with Gasteiger partial charge in [-0.1, -0.05) is 55.7 Å². The first-order valence-electron chi connectivity index (χ1n) is 9.82. The molecule has 0 heterocycles. The normalized spacial score (nSPS) is 10.4. The first-order chi connectivity index (χ1) is 13.2. The maximum absolute atomic E-state index is 7.37. The van der Waals surface area contributed by atoms with Gasteiger partial charge in [-0.05, 0) is 57.9 Å². The molecule has 27 heavy (non-hydrogen) atoms. The van der Waals surface area contributed by atoms with Crippen LogP contribution < -0.4 is 22.1 Å². The monoisotopic (exact) mass is 374 g/mol. The molecule has 0 aliphatic carbocycles. The van der Waals surface area contributed by atoms with E-state index in [-0.39, 0.29) is 5.84 Å². The average Bonchev–Trinajstić information content (AvgIpc) is 2.66. The van der Waals surface area contributed by atoms with Crippen molar-refractivity contribution >= 4 is 18.3 Å². The zero-order chi connectivity index (χ0) is 20.2. The molecule has 1 aromatic carbocycles. The molecular formula is C21H38N6. The fraction of sp³-hybridized carbons (Fsp3) is 0.524. The summed E-state index contributed by atoms with van der Waals surface area (Å²) in [6.07, 6.45) is 14.0. The number of unbranched alkanes of at least 4 members (excludes halogenated alkanes) is 5. The molecule has 8 N–H and O–H groups in total. The molecule has 0 bridgehead atoms. The smallest absolute Gasteiger partial charge is 0.122 e. The third kappa shape index (κ3) is 15.8. The number of benzene rings is 1. The molecular weight excluding hydrogens is 336 g/mol. The maximum atomic E-state index is 7.37. The number of nitrogens with two attached hydrogens (primary N) is 2. The van der Waals surface area contributed by atoms with E-state index in [1.54, 1.807) is 0 Å². The van der Waals surface area contributed by atoms with Crippen molar-refractivity contribution in [3.8, 4) is 0 Å². The summed E-state index contributed by atoms with van der Waals surface area (Å²) >= 11 is 0. The minimum atomic E-state index is 0.120. The second-order valence-corrected chi connectivity index (χ2v) is 6.37. The van der Waals surface area contributed by atoms with E-state index in [4.69, 9.17) is 16.6 Å². The molecule has 0 aromatic heterocycles. The molecule has 0 radical (unpaired) electrons. The Kier molecular flexibility index (Phi) is 17.1. The van der Waals surface area contributed by atoms with Crippen LogP contribution in [0.1, 0.15) is 56.1 Å². The number of rotatable bonds is 14. The quantitative estimate of drug-likeness (QED) is 0.170. The number of hydrogen-bond acceptors (Lipinski definition) is 4. The fourth-order valence-corrected chi connectivity index (χ4v) is 2.55. The second kappa shape index (κ2) is 18.6. The van der Waals surface area contributed by atoms with Crippen molar-refractivity contribution < 1.29 is 0 Å². The number of nitrogens with one attached hydrogen (secondary N) is 4. The van der Waals surface area contributed by atoms with Crippen molar-refractivity contribution in [3.63, 3.8) is 0 Å². The lowest BCUT2D eigenvalue weighted by molar-refractivity contribution is 0.562. The predicted molar refractivity (Wildman–Crippen MR) is 119 cm³/mol. The zero-order valence-corrected chi connectivity index (χ0v) is 16.8. The molecule has 0 unspecified atom stereocenters. The largest absolute Gasteiger partial charge is 0.390 e. The Morgan fingerprint density at radius 2 is 1.52 bits per heavy atom. The van der Waals surface area contributed by atoms with Crippen molar-refractivity contribution in [2.75, 3.05) is 26.7 Å². The highest BCUT2D eigenvalue weighted by Crippen LogP contribution is 2.07. The van der Waals surface area contributed by atoms with Gasteiger partial charge in [0.2, 0.25) is 0 Å². The Balaban J connectivity index is 0.00000210. The van der Waals surface area contributed by atoms with Gasteiger partial charge in [-0.25, -0.2) is 0 Å². The number of hydrogen-bond donors (Lipinski definition) is 6. The van der Waals surface area contributed by atoms with Gasteiger partial charge in [-0.2, -0.15) is 0 Å². The van der Waals surface area contributed by atoms with Crippen molar-refractivity contribution in [1.82, 2.24) is 10.6 Å². The lowest BCUT2D eigenvalue weighted by Gasteiger charge is -2.04. The molecule has 6 heteroatoms. The maximum Gasteiger partial charge on any atom is 0.122 e. The first-order valence-corrected chi connectivity index (χ1v) is 9.82. The molecule has 0 spiro atoms. The van der Waals surface area contributed by atoms with E-state index in [0.29, 0.717) is 0 Å². The SMILES string of the molecule is CNCCCCCCCNCCC/C=C\c1ccc(C(=N)N)cc1.N=CN. The third-order valence-corrected chi connectivity index (χ3v) is 4.04.